The van der Waals surface area contributed by atoms with Gasteiger partial charge in [0.05, 0.1) is 18.5 Å². The molecule has 7 nitrogen and oxygen atoms in total. The molecule has 0 N–H and O–H groups in total. The number of methoxy groups -OCH3 is 1. The number of hydrogen-bond acceptors (Lipinski definition) is 5. The first-order valence-electron chi connectivity index (χ1n) is 11.0. The molecule has 0 saturated carbocycles. The van der Waals surface area contributed by atoms with Crippen molar-refractivity contribution in [3.63, 3.8) is 0 Å². The Hall–Kier alpha value is -2.80. The van der Waals surface area contributed by atoms with Gasteiger partial charge in [-0.3, -0.25) is 14.6 Å². The maximum Gasteiger partial charge on any atom is 0.274 e. The maximum atomic E-state index is 12.8. The molecule has 0 atom stereocenters. The van der Waals surface area contributed by atoms with E-state index in [1.54, 1.807) is 18.2 Å². The fraction of sp³-hybridized carbons (Fsp3) is 0.500. The number of piperidine rings is 1. The molecule has 0 bridgehead atoms. The van der Waals surface area contributed by atoms with Crippen molar-refractivity contribution < 1.29 is 14.3 Å². The predicted octanol–water partition coefficient (Wildman–Crippen LogP) is 2.75. The molecule has 1 saturated heterocycles. The lowest BCUT2D eigenvalue weighted by Gasteiger charge is -2.33. The summed E-state index contributed by atoms with van der Waals surface area (Å²) in [6, 6.07) is 10.5. The summed E-state index contributed by atoms with van der Waals surface area (Å²) >= 11 is 0. The van der Waals surface area contributed by atoms with E-state index in [1.807, 2.05) is 17.9 Å². The highest BCUT2D eigenvalue weighted by Crippen LogP contribution is 2.22. The van der Waals surface area contributed by atoms with Gasteiger partial charge >= 0.3 is 0 Å². The van der Waals surface area contributed by atoms with Crippen molar-refractivity contribution in [2.24, 2.45) is 5.92 Å². The molecular weight excluding hydrogens is 392 g/mol. The number of hydrogen-bond donors (Lipinski definition) is 0. The van der Waals surface area contributed by atoms with E-state index < -0.39 is 0 Å². The van der Waals surface area contributed by atoms with Crippen LogP contribution in [0, 0.1) is 12.8 Å². The Morgan fingerprint density at radius 3 is 2.48 bits per heavy atom. The standard InChI is InChI=1S/C24H32N4O3/c1-19-17-26-22(18-25-19)24(30)28(14-15-31-2)13-10-23(29)27-11-8-21(9-12-27)16-20-6-4-3-5-7-20/h3-7,17-18,21H,8-16H2,1-2H3. The summed E-state index contributed by atoms with van der Waals surface area (Å²) in [5.74, 6) is 0.494. The van der Waals surface area contributed by atoms with Crippen LogP contribution in [0.4, 0.5) is 0 Å². The van der Waals surface area contributed by atoms with Gasteiger partial charge in [0.15, 0.2) is 0 Å². The molecule has 1 aliphatic rings. The summed E-state index contributed by atoms with van der Waals surface area (Å²) < 4.78 is 5.14. The van der Waals surface area contributed by atoms with Gasteiger partial charge in [-0.25, -0.2) is 4.98 Å². The molecule has 0 aliphatic carbocycles. The Kier molecular flexibility index (Phi) is 8.53. The van der Waals surface area contributed by atoms with Crippen LogP contribution in [0.2, 0.25) is 0 Å². The number of aromatic nitrogens is 2. The molecule has 1 aliphatic heterocycles. The molecule has 7 heteroatoms. The van der Waals surface area contributed by atoms with E-state index >= 15 is 0 Å². The smallest absolute Gasteiger partial charge is 0.274 e. The number of amides is 2. The summed E-state index contributed by atoms with van der Waals surface area (Å²) in [6.45, 7) is 4.56. The molecule has 2 aromatic rings. The largest absolute Gasteiger partial charge is 0.383 e. The van der Waals surface area contributed by atoms with E-state index in [-0.39, 0.29) is 17.5 Å². The number of rotatable bonds is 9. The van der Waals surface area contributed by atoms with Crippen LogP contribution in [0.1, 0.15) is 41.0 Å². The van der Waals surface area contributed by atoms with Crippen LogP contribution in [0.3, 0.4) is 0 Å². The van der Waals surface area contributed by atoms with E-state index in [9.17, 15) is 9.59 Å². The van der Waals surface area contributed by atoms with Gasteiger partial charge in [0, 0.05) is 45.9 Å². The molecule has 3 rings (SSSR count). The molecular formula is C24H32N4O3. The lowest BCUT2D eigenvalue weighted by molar-refractivity contribution is -0.132. The lowest BCUT2D eigenvalue weighted by atomic mass is 9.90. The first-order valence-corrected chi connectivity index (χ1v) is 11.0. The van der Waals surface area contributed by atoms with E-state index in [0.717, 1.165) is 38.0 Å². The molecule has 0 unspecified atom stereocenters. The molecule has 0 spiro atoms. The van der Waals surface area contributed by atoms with Crippen LogP contribution in [0.15, 0.2) is 42.7 Å². The van der Waals surface area contributed by atoms with Crippen LogP contribution < -0.4 is 0 Å². The van der Waals surface area contributed by atoms with Gasteiger partial charge in [-0.05, 0) is 37.7 Å². The topological polar surface area (TPSA) is 75.6 Å². The normalized spacial score (nSPS) is 14.5. The number of ether oxygens (including phenoxy) is 1. The zero-order valence-electron chi connectivity index (χ0n) is 18.5. The monoisotopic (exact) mass is 424 g/mol. The third-order valence-corrected chi connectivity index (χ3v) is 5.78. The second kappa shape index (κ2) is 11.6. The fourth-order valence-electron chi connectivity index (χ4n) is 3.90. The summed E-state index contributed by atoms with van der Waals surface area (Å²) in [7, 11) is 1.60. The minimum Gasteiger partial charge on any atom is -0.383 e. The number of carbonyl (C=O) groups is 2. The predicted molar refractivity (Wildman–Crippen MR) is 119 cm³/mol. The van der Waals surface area contributed by atoms with Gasteiger partial charge in [-0.1, -0.05) is 30.3 Å². The van der Waals surface area contributed by atoms with Crippen LogP contribution in [-0.4, -0.2) is 71.5 Å². The number of benzene rings is 1. The van der Waals surface area contributed by atoms with Crippen molar-refractivity contribution in [1.29, 1.82) is 0 Å². The SMILES string of the molecule is COCCN(CCC(=O)N1CCC(Cc2ccccc2)CC1)C(=O)c1cnc(C)cn1. The molecule has 2 heterocycles. The maximum absolute atomic E-state index is 12.8. The number of aryl methyl sites for hydroxylation is 1. The Morgan fingerprint density at radius 1 is 1.10 bits per heavy atom. The Morgan fingerprint density at radius 2 is 1.84 bits per heavy atom. The molecule has 31 heavy (non-hydrogen) atoms. The highest BCUT2D eigenvalue weighted by Gasteiger charge is 2.24. The number of nitrogens with zero attached hydrogens (tertiary/aromatic N) is 4. The molecule has 166 valence electrons. The van der Waals surface area contributed by atoms with E-state index in [0.29, 0.717) is 32.0 Å². The first kappa shape index (κ1) is 22.9. The van der Waals surface area contributed by atoms with Gasteiger partial charge in [-0.2, -0.15) is 0 Å². The van der Waals surface area contributed by atoms with Crippen LogP contribution >= 0.6 is 0 Å². The average molecular weight is 425 g/mol. The van der Waals surface area contributed by atoms with Crippen molar-refractivity contribution in [2.75, 3.05) is 39.9 Å². The minimum atomic E-state index is -0.223. The zero-order chi connectivity index (χ0) is 22.1. The van der Waals surface area contributed by atoms with Crippen molar-refractivity contribution in [3.8, 4) is 0 Å². The molecule has 1 fully saturated rings. The van der Waals surface area contributed by atoms with Crippen molar-refractivity contribution in [1.82, 2.24) is 19.8 Å². The average Bonchev–Trinajstić information content (AvgIpc) is 2.80. The Balaban J connectivity index is 1.49. The van der Waals surface area contributed by atoms with Crippen molar-refractivity contribution >= 4 is 11.8 Å². The fourth-order valence-corrected chi connectivity index (χ4v) is 3.90. The lowest BCUT2D eigenvalue weighted by Crippen LogP contribution is -2.42. The van der Waals surface area contributed by atoms with Crippen molar-refractivity contribution in [3.05, 3.63) is 59.7 Å². The quantitative estimate of drug-likeness (QED) is 0.619. The number of carbonyl (C=O) groups excluding carboxylic acids is 2. The van der Waals surface area contributed by atoms with Gasteiger partial charge in [0.25, 0.3) is 5.91 Å². The summed E-state index contributed by atoms with van der Waals surface area (Å²) in [5.41, 5.74) is 2.40. The van der Waals surface area contributed by atoms with Gasteiger partial charge in [0.2, 0.25) is 5.91 Å². The molecule has 2 amide bonds. The summed E-state index contributed by atoms with van der Waals surface area (Å²) in [4.78, 5) is 37.5. The highest BCUT2D eigenvalue weighted by atomic mass is 16.5. The van der Waals surface area contributed by atoms with Gasteiger partial charge in [0.1, 0.15) is 5.69 Å². The summed E-state index contributed by atoms with van der Waals surface area (Å²) in [5, 5.41) is 0. The zero-order valence-corrected chi connectivity index (χ0v) is 18.5. The minimum absolute atomic E-state index is 0.100. The molecule has 1 aromatic heterocycles. The van der Waals surface area contributed by atoms with E-state index in [2.05, 4.69) is 34.2 Å². The van der Waals surface area contributed by atoms with Crippen LogP contribution in [0.5, 0.6) is 0 Å². The van der Waals surface area contributed by atoms with E-state index in [4.69, 9.17) is 4.74 Å². The third kappa shape index (κ3) is 6.85. The Labute approximate surface area is 184 Å². The van der Waals surface area contributed by atoms with Gasteiger partial charge < -0.3 is 14.5 Å². The highest BCUT2D eigenvalue weighted by molar-refractivity contribution is 5.92. The summed E-state index contributed by atoms with van der Waals surface area (Å²) in [6.07, 6.45) is 6.47. The van der Waals surface area contributed by atoms with Crippen LogP contribution in [-0.2, 0) is 16.0 Å². The second-order valence-electron chi connectivity index (χ2n) is 8.09. The first-order chi connectivity index (χ1) is 15.1. The number of likely N-dealkylation sites (tertiary alicyclic amines) is 1. The van der Waals surface area contributed by atoms with E-state index in [1.165, 1.54) is 11.8 Å². The van der Waals surface area contributed by atoms with Crippen molar-refractivity contribution in [2.45, 2.75) is 32.6 Å². The molecule has 0 radical (unpaired) electrons. The second-order valence-corrected chi connectivity index (χ2v) is 8.09. The third-order valence-electron chi connectivity index (χ3n) is 5.78. The Bertz CT molecular complexity index is 834. The van der Waals surface area contributed by atoms with Crippen LogP contribution in [0.25, 0.3) is 0 Å². The van der Waals surface area contributed by atoms with Gasteiger partial charge in [-0.15, -0.1) is 0 Å². The molecule has 1 aromatic carbocycles.